The minimum atomic E-state index is -0.821. The predicted molar refractivity (Wildman–Crippen MR) is 33.5 cm³/mol. The molecule has 0 fully saturated rings. The maximum Gasteiger partial charge on any atom is 0.327 e. The first kappa shape index (κ1) is 6.47. The Morgan fingerprint density at radius 3 is 2.80 bits per heavy atom. The fourth-order valence-corrected chi connectivity index (χ4v) is 0.515. The maximum absolute atomic E-state index is 10.7. The van der Waals surface area contributed by atoms with Crippen LogP contribution in [0.5, 0.6) is 0 Å². The van der Waals surface area contributed by atoms with Gasteiger partial charge in [0.1, 0.15) is 6.33 Å². The van der Waals surface area contributed by atoms with Crippen molar-refractivity contribution in [1.29, 1.82) is 0 Å². The fraction of sp³-hybridized carbons (Fsp3) is 0. The molecule has 0 spiro atoms. The Balaban J connectivity index is 3.29. The van der Waals surface area contributed by atoms with Crippen LogP contribution in [0.2, 0.25) is 0 Å². The topological polar surface area (TPSA) is 78.0 Å². The van der Waals surface area contributed by atoms with E-state index in [-0.39, 0.29) is 0 Å². The molecule has 0 atom stereocenters. The van der Waals surface area contributed by atoms with Crippen molar-refractivity contribution in [2.45, 2.75) is 0 Å². The van der Waals surface area contributed by atoms with Crippen molar-refractivity contribution in [2.24, 2.45) is 5.73 Å². The molecule has 1 aromatic rings. The van der Waals surface area contributed by atoms with Crippen molar-refractivity contribution in [3.8, 4) is 0 Å². The van der Waals surface area contributed by atoms with E-state index >= 15 is 0 Å². The molecule has 0 radical (unpaired) electrons. The van der Waals surface area contributed by atoms with Crippen LogP contribution in [0.4, 0.5) is 4.79 Å². The van der Waals surface area contributed by atoms with Crippen molar-refractivity contribution >= 4 is 6.03 Å². The second-order valence-corrected chi connectivity index (χ2v) is 1.63. The minimum Gasteiger partial charge on any atom is -0.351 e. The number of hydrogen-bond acceptors (Lipinski definition) is 3. The van der Waals surface area contributed by atoms with Gasteiger partial charge in [0.2, 0.25) is 0 Å². The second kappa shape index (κ2) is 2.30. The first-order valence-corrected chi connectivity index (χ1v) is 2.54. The van der Waals surface area contributed by atoms with E-state index < -0.39 is 11.6 Å². The minimum absolute atomic E-state index is 0.470. The van der Waals surface area contributed by atoms with Gasteiger partial charge in [0.05, 0.1) is 0 Å². The van der Waals surface area contributed by atoms with Gasteiger partial charge in [-0.15, -0.1) is 0 Å². The van der Waals surface area contributed by atoms with Gasteiger partial charge < -0.3 is 5.73 Å². The Morgan fingerprint density at radius 2 is 2.40 bits per heavy atom. The summed E-state index contributed by atoms with van der Waals surface area (Å²) >= 11 is 0. The van der Waals surface area contributed by atoms with Gasteiger partial charge in [-0.3, -0.25) is 4.79 Å². The molecule has 0 saturated carbocycles. The van der Waals surface area contributed by atoms with Gasteiger partial charge in [-0.2, -0.15) is 0 Å². The molecule has 52 valence electrons. The summed E-state index contributed by atoms with van der Waals surface area (Å²) in [6.45, 7) is 0. The summed E-state index contributed by atoms with van der Waals surface area (Å²) in [5.74, 6) is 0. The number of amides is 1. The molecule has 0 unspecified atom stereocenters. The molecule has 10 heavy (non-hydrogen) atoms. The number of nitrogens with two attached hydrogens (primary N) is 1. The highest BCUT2D eigenvalue weighted by Crippen LogP contribution is 1.72. The first-order chi connectivity index (χ1) is 4.72. The van der Waals surface area contributed by atoms with Crippen LogP contribution in [-0.4, -0.2) is 15.6 Å². The number of carbonyl (C=O) groups is 1. The van der Waals surface area contributed by atoms with E-state index in [1.807, 2.05) is 0 Å². The normalized spacial score (nSPS) is 9.20. The lowest BCUT2D eigenvalue weighted by Gasteiger charge is -1.93. The number of aromatic nitrogens is 2. The molecular formula is C5H5N3O2. The summed E-state index contributed by atoms with van der Waals surface area (Å²) < 4.78 is 0.722. The zero-order valence-corrected chi connectivity index (χ0v) is 5.02. The van der Waals surface area contributed by atoms with Crippen LogP contribution in [-0.2, 0) is 0 Å². The summed E-state index contributed by atoms with van der Waals surface area (Å²) in [6.07, 6.45) is 2.37. The van der Waals surface area contributed by atoms with Crippen molar-refractivity contribution < 1.29 is 4.79 Å². The van der Waals surface area contributed by atoms with Crippen LogP contribution in [0, 0.1) is 0 Å². The average molecular weight is 139 g/mol. The maximum atomic E-state index is 10.7. The molecule has 1 aromatic heterocycles. The van der Waals surface area contributed by atoms with E-state index in [2.05, 4.69) is 4.98 Å². The lowest BCUT2D eigenvalue weighted by molar-refractivity contribution is 0.249. The largest absolute Gasteiger partial charge is 0.351 e. The van der Waals surface area contributed by atoms with Gasteiger partial charge >= 0.3 is 6.03 Å². The molecule has 1 amide bonds. The molecule has 1 rings (SSSR count). The van der Waals surface area contributed by atoms with Crippen molar-refractivity contribution in [2.75, 3.05) is 0 Å². The molecule has 0 aliphatic rings. The van der Waals surface area contributed by atoms with E-state index in [1.165, 1.54) is 6.20 Å². The number of primary amides is 1. The third-order valence-electron chi connectivity index (χ3n) is 0.960. The molecule has 1 heterocycles. The number of carbonyl (C=O) groups excluding carboxylic acids is 1. The van der Waals surface area contributed by atoms with Gasteiger partial charge in [-0.05, 0) is 0 Å². The number of nitrogens with zero attached hydrogens (tertiary/aromatic N) is 2. The molecule has 0 bridgehead atoms. The Morgan fingerprint density at radius 1 is 1.70 bits per heavy atom. The van der Waals surface area contributed by atoms with E-state index in [0.29, 0.717) is 0 Å². The summed E-state index contributed by atoms with van der Waals surface area (Å²) in [7, 11) is 0. The van der Waals surface area contributed by atoms with Crippen LogP contribution >= 0.6 is 0 Å². The van der Waals surface area contributed by atoms with Gasteiger partial charge in [0, 0.05) is 12.3 Å². The quantitative estimate of drug-likeness (QED) is 0.509. The first-order valence-electron chi connectivity index (χ1n) is 2.54. The summed E-state index contributed by atoms with van der Waals surface area (Å²) in [5.41, 5.74) is 4.33. The Kier molecular flexibility index (Phi) is 1.49. The standard InChI is InChI=1S/C5H5N3O2/c6-5(10)8-3-7-2-1-4(8)9/h1-3H,(H2,6,10). The van der Waals surface area contributed by atoms with Gasteiger partial charge in [-0.25, -0.2) is 14.3 Å². The van der Waals surface area contributed by atoms with Crippen molar-refractivity contribution in [3.63, 3.8) is 0 Å². The Labute approximate surface area is 56.1 Å². The van der Waals surface area contributed by atoms with Crippen LogP contribution < -0.4 is 11.3 Å². The molecule has 0 saturated heterocycles. The SMILES string of the molecule is NC(=O)n1cnccc1=O. The van der Waals surface area contributed by atoms with Crippen LogP contribution in [0.15, 0.2) is 23.4 Å². The smallest absolute Gasteiger partial charge is 0.327 e. The van der Waals surface area contributed by atoms with Gasteiger partial charge in [0.15, 0.2) is 0 Å². The van der Waals surface area contributed by atoms with Crippen molar-refractivity contribution in [3.05, 3.63) is 28.9 Å². The highest BCUT2D eigenvalue weighted by Gasteiger charge is 1.97. The molecule has 5 nitrogen and oxygen atoms in total. The van der Waals surface area contributed by atoms with Gasteiger partial charge in [-0.1, -0.05) is 0 Å². The Bertz CT molecular complexity index is 304. The lowest BCUT2D eigenvalue weighted by Crippen LogP contribution is -2.30. The molecule has 5 heteroatoms. The molecule has 0 aliphatic heterocycles. The highest BCUT2D eigenvalue weighted by atomic mass is 16.2. The van der Waals surface area contributed by atoms with E-state index in [0.717, 1.165) is 17.0 Å². The van der Waals surface area contributed by atoms with E-state index in [1.54, 1.807) is 0 Å². The van der Waals surface area contributed by atoms with Crippen molar-refractivity contribution in [1.82, 2.24) is 9.55 Å². The third-order valence-corrected chi connectivity index (χ3v) is 0.960. The summed E-state index contributed by atoms with van der Waals surface area (Å²) in [4.78, 5) is 24.6. The molecular weight excluding hydrogens is 134 g/mol. The van der Waals surface area contributed by atoms with E-state index in [9.17, 15) is 9.59 Å². The summed E-state index contributed by atoms with van der Waals surface area (Å²) in [6, 6.07) is 0.336. The monoisotopic (exact) mass is 139 g/mol. The Hall–Kier alpha value is -1.65. The highest BCUT2D eigenvalue weighted by molar-refractivity contribution is 5.74. The number of rotatable bonds is 0. The zero-order valence-electron chi connectivity index (χ0n) is 5.02. The second-order valence-electron chi connectivity index (χ2n) is 1.63. The molecule has 0 aromatic carbocycles. The van der Waals surface area contributed by atoms with Gasteiger partial charge in [0.25, 0.3) is 5.56 Å². The third kappa shape index (κ3) is 1.02. The predicted octanol–water partition coefficient (Wildman–Crippen LogP) is -0.830. The summed E-state index contributed by atoms with van der Waals surface area (Å²) in [5, 5.41) is 0. The zero-order chi connectivity index (χ0) is 7.56. The number of hydrogen-bond donors (Lipinski definition) is 1. The molecule has 2 N–H and O–H groups in total. The fourth-order valence-electron chi connectivity index (χ4n) is 0.515. The van der Waals surface area contributed by atoms with E-state index in [4.69, 9.17) is 5.73 Å². The van der Waals surface area contributed by atoms with Crippen LogP contribution in [0.3, 0.4) is 0 Å². The molecule has 0 aliphatic carbocycles. The van der Waals surface area contributed by atoms with Crippen LogP contribution in [0.1, 0.15) is 0 Å². The average Bonchev–Trinajstić information content (AvgIpc) is 1.88. The van der Waals surface area contributed by atoms with Crippen LogP contribution in [0.25, 0.3) is 0 Å². The lowest BCUT2D eigenvalue weighted by atomic mass is 10.6.